The number of nitrogens with one attached hydrogen (secondary N) is 1. The van der Waals surface area contributed by atoms with Gasteiger partial charge in [0.2, 0.25) is 0 Å². The lowest BCUT2D eigenvalue weighted by atomic mass is 9.97. The topological polar surface area (TPSA) is 25.2 Å². The van der Waals surface area contributed by atoms with Crippen molar-refractivity contribution >= 4 is 0 Å². The second-order valence-electron chi connectivity index (χ2n) is 6.10. The Hall–Kier alpha value is -0.760. The molecule has 0 aromatic carbocycles. The first kappa shape index (κ1) is 12.7. The van der Waals surface area contributed by atoms with Crippen LogP contribution in [0.2, 0.25) is 0 Å². The Morgan fingerprint density at radius 1 is 1.47 bits per heavy atom. The fourth-order valence-corrected chi connectivity index (χ4v) is 2.80. The van der Waals surface area contributed by atoms with E-state index in [-0.39, 0.29) is 0 Å². The number of hydrogen-bond donors (Lipinski definition) is 1. The lowest BCUT2D eigenvalue weighted by Crippen LogP contribution is -2.25. The summed E-state index contributed by atoms with van der Waals surface area (Å²) in [7, 11) is 0. The molecule has 96 valence electrons. The van der Waals surface area contributed by atoms with E-state index >= 15 is 0 Å². The molecule has 1 aliphatic carbocycles. The predicted molar refractivity (Wildman–Crippen MR) is 71.1 cm³/mol. The molecule has 1 saturated carbocycles. The molecule has 2 heteroatoms. The molecule has 0 bridgehead atoms. The Labute approximate surface area is 105 Å². The van der Waals surface area contributed by atoms with E-state index in [0.717, 1.165) is 24.0 Å². The molecule has 1 aliphatic rings. The smallest absolute Gasteiger partial charge is 0.105 e. The molecule has 1 heterocycles. The summed E-state index contributed by atoms with van der Waals surface area (Å²) in [6, 6.07) is 2.68. The van der Waals surface area contributed by atoms with E-state index < -0.39 is 0 Å². The summed E-state index contributed by atoms with van der Waals surface area (Å²) < 4.78 is 5.68. The third kappa shape index (κ3) is 2.57. The normalized spacial score (nSPS) is 23.7. The largest absolute Gasteiger partial charge is 0.466 e. The van der Waals surface area contributed by atoms with Gasteiger partial charge >= 0.3 is 0 Å². The Balaban J connectivity index is 2.18. The average Bonchev–Trinajstić information content (AvgIpc) is 2.72. The van der Waals surface area contributed by atoms with Crippen LogP contribution in [0.3, 0.4) is 0 Å². The monoisotopic (exact) mass is 235 g/mol. The summed E-state index contributed by atoms with van der Waals surface area (Å²) in [5.74, 6) is 2.86. The fourth-order valence-electron chi connectivity index (χ4n) is 2.80. The minimum absolute atomic E-state index is 0.474. The maximum absolute atomic E-state index is 5.68. The van der Waals surface area contributed by atoms with Crippen molar-refractivity contribution < 1.29 is 4.42 Å². The van der Waals surface area contributed by atoms with Crippen molar-refractivity contribution in [3.05, 3.63) is 23.2 Å². The van der Waals surface area contributed by atoms with Crippen LogP contribution in [0, 0.1) is 25.2 Å². The molecule has 2 atom stereocenters. The van der Waals surface area contributed by atoms with Crippen LogP contribution in [0.25, 0.3) is 0 Å². The second-order valence-corrected chi connectivity index (χ2v) is 6.10. The Morgan fingerprint density at radius 2 is 2.12 bits per heavy atom. The highest BCUT2D eigenvalue weighted by atomic mass is 16.3. The van der Waals surface area contributed by atoms with Crippen molar-refractivity contribution in [3.63, 3.8) is 0 Å². The zero-order valence-corrected chi connectivity index (χ0v) is 11.8. The van der Waals surface area contributed by atoms with Gasteiger partial charge in [-0.15, -0.1) is 0 Å². The van der Waals surface area contributed by atoms with Gasteiger partial charge in [-0.25, -0.2) is 0 Å². The molecule has 0 spiro atoms. The van der Waals surface area contributed by atoms with Gasteiger partial charge in [0.1, 0.15) is 11.5 Å². The van der Waals surface area contributed by atoms with E-state index in [2.05, 4.69) is 39.1 Å². The maximum Gasteiger partial charge on any atom is 0.105 e. The van der Waals surface area contributed by atoms with E-state index in [4.69, 9.17) is 4.42 Å². The van der Waals surface area contributed by atoms with Gasteiger partial charge in [-0.1, -0.05) is 20.8 Å². The summed E-state index contributed by atoms with van der Waals surface area (Å²) >= 11 is 0. The van der Waals surface area contributed by atoms with Gasteiger partial charge in [-0.3, -0.25) is 0 Å². The van der Waals surface area contributed by atoms with E-state index in [1.54, 1.807) is 0 Å². The minimum Gasteiger partial charge on any atom is -0.466 e. The average molecular weight is 235 g/mol. The summed E-state index contributed by atoms with van der Waals surface area (Å²) in [6.45, 7) is 12.1. The summed E-state index contributed by atoms with van der Waals surface area (Å²) in [5, 5.41) is 3.70. The van der Waals surface area contributed by atoms with Crippen LogP contribution in [0.15, 0.2) is 10.5 Å². The molecule has 1 N–H and O–H groups in total. The molecular weight excluding hydrogens is 210 g/mol. The zero-order valence-electron chi connectivity index (χ0n) is 11.8. The number of aryl methyl sites for hydroxylation is 2. The van der Waals surface area contributed by atoms with E-state index in [9.17, 15) is 0 Å². The molecule has 0 amide bonds. The number of rotatable bonds is 5. The van der Waals surface area contributed by atoms with Crippen LogP contribution in [0.1, 0.15) is 56.7 Å². The van der Waals surface area contributed by atoms with E-state index in [0.29, 0.717) is 11.5 Å². The van der Waals surface area contributed by atoms with Crippen molar-refractivity contribution in [2.45, 2.75) is 53.5 Å². The van der Waals surface area contributed by atoms with E-state index in [1.165, 1.54) is 18.4 Å². The molecule has 17 heavy (non-hydrogen) atoms. The number of furan rings is 1. The zero-order chi connectivity index (χ0) is 12.6. The first-order chi connectivity index (χ1) is 7.95. The molecular formula is C15H25NO. The van der Waals surface area contributed by atoms with Crippen molar-refractivity contribution in [1.82, 2.24) is 5.32 Å². The molecule has 0 aliphatic heterocycles. The quantitative estimate of drug-likeness (QED) is 0.835. The molecule has 0 saturated heterocycles. The molecule has 1 aromatic heterocycles. The molecule has 2 unspecified atom stereocenters. The van der Waals surface area contributed by atoms with Crippen LogP contribution in [0.4, 0.5) is 0 Å². The first-order valence-electron chi connectivity index (χ1n) is 6.76. The van der Waals surface area contributed by atoms with Gasteiger partial charge in [0, 0.05) is 11.6 Å². The van der Waals surface area contributed by atoms with E-state index in [1.807, 2.05) is 6.92 Å². The number of hydrogen-bond acceptors (Lipinski definition) is 2. The highest BCUT2D eigenvalue weighted by Gasteiger charge is 2.50. The summed E-state index contributed by atoms with van der Waals surface area (Å²) in [5.41, 5.74) is 1.86. The second kappa shape index (κ2) is 4.49. The van der Waals surface area contributed by atoms with Gasteiger partial charge in [0.15, 0.2) is 0 Å². The third-order valence-corrected chi connectivity index (χ3v) is 4.02. The third-order valence-electron chi connectivity index (χ3n) is 4.02. The highest BCUT2D eigenvalue weighted by Crippen LogP contribution is 2.58. The van der Waals surface area contributed by atoms with Gasteiger partial charge in [-0.05, 0) is 50.6 Å². The van der Waals surface area contributed by atoms with Crippen LogP contribution in [-0.4, -0.2) is 6.54 Å². The van der Waals surface area contributed by atoms with Crippen LogP contribution in [-0.2, 0) is 0 Å². The standard InChI is InChI=1S/C15H25NO/c1-6-7-16-14(13-9-15(13,4)5)12-8-10(2)17-11(12)3/h8,13-14,16H,6-7,9H2,1-5H3. The SMILES string of the molecule is CCCNC(c1cc(C)oc1C)C1CC1(C)C. The molecule has 1 aromatic rings. The van der Waals surface area contributed by atoms with Gasteiger partial charge < -0.3 is 9.73 Å². The van der Waals surface area contributed by atoms with Crippen LogP contribution in [0.5, 0.6) is 0 Å². The van der Waals surface area contributed by atoms with Gasteiger partial charge in [-0.2, -0.15) is 0 Å². The lowest BCUT2D eigenvalue weighted by Gasteiger charge is -2.19. The molecule has 0 radical (unpaired) electrons. The van der Waals surface area contributed by atoms with Crippen LogP contribution >= 0.6 is 0 Å². The van der Waals surface area contributed by atoms with Gasteiger partial charge in [0.25, 0.3) is 0 Å². The Bertz CT molecular complexity index is 392. The summed E-state index contributed by atoms with van der Waals surface area (Å²) in [6.07, 6.45) is 2.50. The molecule has 2 rings (SSSR count). The minimum atomic E-state index is 0.474. The van der Waals surface area contributed by atoms with Crippen LogP contribution < -0.4 is 5.32 Å². The summed E-state index contributed by atoms with van der Waals surface area (Å²) in [4.78, 5) is 0. The van der Waals surface area contributed by atoms with Gasteiger partial charge in [0.05, 0.1) is 0 Å². The van der Waals surface area contributed by atoms with Crippen molar-refractivity contribution in [3.8, 4) is 0 Å². The Kier molecular flexibility index (Phi) is 3.35. The lowest BCUT2D eigenvalue weighted by molar-refractivity contribution is 0.407. The first-order valence-corrected chi connectivity index (χ1v) is 6.76. The fraction of sp³-hybridized carbons (Fsp3) is 0.733. The predicted octanol–water partition coefficient (Wildman–Crippen LogP) is 3.98. The Morgan fingerprint density at radius 3 is 2.53 bits per heavy atom. The molecule has 1 fully saturated rings. The van der Waals surface area contributed by atoms with Crippen molar-refractivity contribution in [2.24, 2.45) is 11.3 Å². The van der Waals surface area contributed by atoms with Crippen molar-refractivity contribution in [1.29, 1.82) is 0 Å². The highest BCUT2D eigenvalue weighted by molar-refractivity contribution is 5.27. The maximum atomic E-state index is 5.68. The molecule has 2 nitrogen and oxygen atoms in total. The van der Waals surface area contributed by atoms with Crippen molar-refractivity contribution in [2.75, 3.05) is 6.54 Å².